The number of carbonyl (C=O) groups excluding carboxylic acids is 1. The average molecular weight is 411 g/mol. The van der Waals surface area contributed by atoms with Crippen molar-refractivity contribution in [3.8, 4) is 0 Å². The third kappa shape index (κ3) is 3.02. The predicted molar refractivity (Wildman–Crippen MR) is 108 cm³/mol. The zero-order chi connectivity index (χ0) is 20.8. The molecule has 1 amide bonds. The van der Waals surface area contributed by atoms with Crippen molar-refractivity contribution >= 4 is 22.9 Å². The van der Waals surface area contributed by atoms with Crippen LogP contribution in [0.25, 0.3) is 11.2 Å². The van der Waals surface area contributed by atoms with Gasteiger partial charge in [0, 0.05) is 51.7 Å². The summed E-state index contributed by atoms with van der Waals surface area (Å²) in [6.07, 6.45) is 3.40. The van der Waals surface area contributed by atoms with Crippen LogP contribution in [0.2, 0.25) is 0 Å². The second kappa shape index (κ2) is 7.35. The van der Waals surface area contributed by atoms with Crippen LogP contribution in [0.4, 0.5) is 5.82 Å². The smallest absolute Gasteiger partial charge is 0.259 e. The second-order valence-corrected chi connectivity index (χ2v) is 8.13. The number of nitrogens with zero attached hydrogens (tertiary/aromatic N) is 7. The predicted octanol–water partition coefficient (Wildman–Crippen LogP) is 1.29. The molecule has 0 saturated carbocycles. The van der Waals surface area contributed by atoms with E-state index < -0.39 is 0 Å². The lowest BCUT2D eigenvalue weighted by atomic mass is 10.0. The van der Waals surface area contributed by atoms with Gasteiger partial charge in [0.25, 0.3) is 5.91 Å². The molecule has 0 aromatic carbocycles. The molecule has 2 atom stereocenters. The van der Waals surface area contributed by atoms with Crippen molar-refractivity contribution in [2.24, 2.45) is 11.8 Å². The number of aryl methyl sites for hydroxylation is 2. The average Bonchev–Trinajstić information content (AvgIpc) is 3.48. The van der Waals surface area contributed by atoms with Gasteiger partial charge < -0.3 is 23.6 Å². The third-order valence-corrected chi connectivity index (χ3v) is 6.24. The van der Waals surface area contributed by atoms with Crippen LogP contribution >= 0.6 is 0 Å². The molecule has 5 rings (SSSR count). The van der Waals surface area contributed by atoms with Crippen LogP contribution in [0.1, 0.15) is 21.8 Å². The van der Waals surface area contributed by atoms with Crippen molar-refractivity contribution in [2.45, 2.75) is 20.4 Å². The highest BCUT2D eigenvalue weighted by molar-refractivity contribution is 5.96. The number of fused-ring (bicyclic) bond motifs is 2. The molecule has 3 aromatic heterocycles. The molecule has 2 saturated heterocycles. The largest absolute Gasteiger partial charge is 0.383 e. The zero-order valence-corrected chi connectivity index (χ0v) is 17.4. The fourth-order valence-electron chi connectivity index (χ4n) is 4.73. The van der Waals surface area contributed by atoms with Crippen LogP contribution < -0.4 is 4.90 Å². The van der Waals surface area contributed by atoms with Gasteiger partial charge in [0.05, 0.1) is 18.6 Å². The van der Waals surface area contributed by atoms with Gasteiger partial charge in [-0.25, -0.2) is 15.0 Å². The van der Waals surface area contributed by atoms with E-state index in [0.29, 0.717) is 42.0 Å². The van der Waals surface area contributed by atoms with Crippen LogP contribution in [0, 0.1) is 25.7 Å². The molecule has 2 fully saturated rings. The third-order valence-electron chi connectivity index (χ3n) is 6.24. The van der Waals surface area contributed by atoms with E-state index in [0.717, 1.165) is 43.2 Å². The van der Waals surface area contributed by atoms with Crippen molar-refractivity contribution in [2.75, 3.05) is 44.8 Å². The molecule has 10 heteroatoms. The van der Waals surface area contributed by atoms with Crippen molar-refractivity contribution in [1.29, 1.82) is 0 Å². The minimum Gasteiger partial charge on any atom is -0.383 e. The number of methoxy groups -OCH3 is 1. The number of amides is 1. The van der Waals surface area contributed by atoms with Gasteiger partial charge in [-0.1, -0.05) is 5.16 Å². The van der Waals surface area contributed by atoms with Gasteiger partial charge in [0.15, 0.2) is 17.0 Å². The lowest BCUT2D eigenvalue weighted by Crippen LogP contribution is -2.34. The highest BCUT2D eigenvalue weighted by Gasteiger charge is 2.43. The quantitative estimate of drug-likeness (QED) is 0.619. The lowest BCUT2D eigenvalue weighted by molar-refractivity contribution is 0.0780. The minimum absolute atomic E-state index is 0.0218. The number of imidazole rings is 1. The Morgan fingerprint density at radius 3 is 2.60 bits per heavy atom. The van der Waals surface area contributed by atoms with Gasteiger partial charge in [-0.2, -0.15) is 0 Å². The molecule has 2 unspecified atom stereocenters. The summed E-state index contributed by atoms with van der Waals surface area (Å²) in [7, 11) is 1.68. The van der Waals surface area contributed by atoms with Gasteiger partial charge in [-0.3, -0.25) is 4.79 Å². The van der Waals surface area contributed by atoms with E-state index in [2.05, 4.69) is 25.0 Å². The summed E-state index contributed by atoms with van der Waals surface area (Å²) in [6, 6.07) is 0. The summed E-state index contributed by atoms with van der Waals surface area (Å²) in [5.74, 6) is 2.30. The number of rotatable bonds is 5. The number of hydrogen-bond acceptors (Lipinski definition) is 8. The molecule has 158 valence electrons. The van der Waals surface area contributed by atoms with Crippen LogP contribution in [0.5, 0.6) is 0 Å². The number of anilines is 1. The molecule has 5 heterocycles. The van der Waals surface area contributed by atoms with Crippen LogP contribution in [-0.2, 0) is 11.3 Å². The maximum atomic E-state index is 13.0. The first-order valence-electron chi connectivity index (χ1n) is 10.2. The van der Waals surface area contributed by atoms with Crippen LogP contribution in [-0.4, -0.2) is 75.4 Å². The van der Waals surface area contributed by atoms with E-state index >= 15 is 0 Å². The Kier molecular flexibility index (Phi) is 4.65. The maximum absolute atomic E-state index is 13.0. The molecular weight excluding hydrogens is 386 g/mol. The first kappa shape index (κ1) is 19.0. The molecule has 0 N–H and O–H groups in total. The molecule has 2 aliphatic rings. The lowest BCUT2D eigenvalue weighted by Gasteiger charge is -2.22. The monoisotopic (exact) mass is 411 g/mol. The fourth-order valence-corrected chi connectivity index (χ4v) is 4.73. The first-order chi connectivity index (χ1) is 14.6. The molecule has 0 spiro atoms. The van der Waals surface area contributed by atoms with Crippen molar-refractivity contribution in [1.82, 2.24) is 29.6 Å². The van der Waals surface area contributed by atoms with Crippen molar-refractivity contribution < 1.29 is 14.1 Å². The Morgan fingerprint density at radius 1 is 1.17 bits per heavy atom. The maximum Gasteiger partial charge on any atom is 0.259 e. The van der Waals surface area contributed by atoms with Crippen molar-refractivity contribution in [3.05, 3.63) is 29.7 Å². The van der Waals surface area contributed by atoms with Gasteiger partial charge in [0.2, 0.25) is 0 Å². The standard InChI is InChI=1S/C20H25N7O3/c1-12-16(13(2)30-24-12)20(28)27-8-14-6-26(7-15(14)9-27)19-17-18(21-10-22-19)25(11-23-17)4-5-29-3/h10-11,14-15H,4-9H2,1-3H3. The number of likely N-dealkylation sites (tertiary alicyclic amines) is 1. The SMILES string of the molecule is COCCn1cnc2c(N3CC4CN(C(=O)c5c(C)noc5C)CC4C3)ncnc21. The molecule has 30 heavy (non-hydrogen) atoms. The number of carbonyl (C=O) groups is 1. The molecule has 3 aromatic rings. The van der Waals surface area contributed by atoms with Gasteiger partial charge in [-0.05, 0) is 13.8 Å². The summed E-state index contributed by atoms with van der Waals surface area (Å²) < 4.78 is 12.3. The summed E-state index contributed by atoms with van der Waals surface area (Å²) in [6.45, 7) is 8.09. The zero-order valence-electron chi connectivity index (χ0n) is 17.4. The van der Waals surface area contributed by atoms with E-state index in [9.17, 15) is 4.79 Å². The van der Waals surface area contributed by atoms with Gasteiger partial charge in [0.1, 0.15) is 17.7 Å². The first-order valence-corrected chi connectivity index (χ1v) is 10.2. The highest BCUT2D eigenvalue weighted by Crippen LogP contribution is 2.36. The van der Waals surface area contributed by atoms with Crippen molar-refractivity contribution in [3.63, 3.8) is 0 Å². The highest BCUT2D eigenvalue weighted by atomic mass is 16.5. The molecule has 10 nitrogen and oxygen atoms in total. The van der Waals surface area contributed by atoms with E-state index in [-0.39, 0.29) is 5.91 Å². The summed E-state index contributed by atoms with van der Waals surface area (Å²) in [4.78, 5) is 30.7. The summed E-state index contributed by atoms with van der Waals surface area (Å²) >= 11 is 0. The van der Waals surface area contributed by atoms with E-state index in [1.54, 1.807) is 26.7 Å². The summed E-state index contributed by atoms with van der Waals surface area (Å²) in [5.41, 5.74) is 2.90. The Morgan fingerprint density at radius 2 is 1.93 bits per heavy atom. The topological polar surface area (TPSA) is 102 Å². The summed E-state index contributed by atoms with van der Waals surface area (Å²) in [5, 5.41) is 3.92. The molecule has 0 radical (unpaired) electrons. The number of hydrogen-bond donors (Lipinski definition) is 0. The molecule has 0 bridgehead atoms. The molecule has 2 aliphatic heterocycles. The van der Waals surface area contributed by atoms with Gasteiger partial charge >= 0.3 is 0 Å². The molecular formula is C20H25N7O3. The van der Waals surface area contributed by atoms with Crippen LogP contribution in [0.3, 0.4) is 0 Å². The Bertz CT molecular complexity index is 1060. The second-order valence-electron chi connectivity index (χ2n) is 8.13. The number of aromatic nitrogens is 5. The number of ether oxygens (including phenoxy) is 1. The Labute approximate surface area is 173 Å². The fraction of sp³-hybridized carbons (Fsp3) is 0.550. The Balaban J connectivity index is 1.31. The normalized spacial score (nSPS) is 21.0. The molecule has 0 aliphatic carbocycles. The van der Waals surface area contributed by atoms with E-state index in [1.807, 2.05) is 16.4 Å². The Hall–Kier alpha value is -3.01. The van der Waals surface area contributed by atoms with Gasteiger partial charge in [-0.15, -0.1) is 0 Å². The minimum atomic E-state index is 0.0218. The van der Waals surface area contributed by atoms with E-state index in [4.69, 9.17) is 9.26 Å². The van der Waals surface area contributed by atoms with E-state index in [1.165, 1.54) is 0 Å². The van der Waals surface area contributed by atoms with Crippen LogP contribution in [0.15, 0.2) is 17.2 Å².